The van der Waals surface area contributed by atoms with Crippen molar-refractivity contribution in [2.45, 2.75) is 6.04 Å². The largest absolute Gasteiger partial charge is 0.496 e. The lowest BCUT2D eigenvalue weighted by molar-refractivity contribution is 0.416. The zero-order chi connectivity index (χ0) is 10.8. The molecular formula is C10H10BrNOS2. The summed E-state index contributed by atoms with van der Waals surface area (Å²) in [6, 6.07) is 1.92. The third kappa shape index (κ3) is 2.25. The second kappa shape index (κ2) is 4.65. The van der Waals surface area contributed by atoms with Crippen LogP contribution in [-0.4, -0.2) is 7.11 Å². The predicted molar refractivity (Wildman–Crippen MR) is 68.9 cm³/mol. The molecule has 0 radical (unpaired) electrons. The van der Waals surface area contributed by atoms with Crippen LogP contribution in [0.5, 0.6) is 5.75 Å². The van der Waals surface area contributed by atoms with E-state index in [0.29, 0.717) is 0 Å². The number of hydrogen-bond donors (Lipinski definition) is 1. The van der Waals surface area contributed by atoms with E-state index in [2.05, 4.69) is 21.3 Å². The van der Waals surface area contributed by atoms with Gasteiger partial charge in [0.15, 0.2) is 0 Å². The third-order valence-corrected chi connectivity index (χ3v) is 4.86. The maximum absolute atomic E-state index is 6.16. The Hall–Kier alpha value is -0.360. The molecule has 0 bridgehead atoms. The Bertz CT molecular complexity index is 452. The van der Waals surface area contributed by atoms with Crippen molar-refractivity contribution in [1.29, 1.82) is 0 Å². The van der Waals surface area contributed by atoms with E-state index in [0.717, 1.165) is 20.7 Å². The Morgan fingerprint density at radius 2 is 2.20 bits per heavy atom. The van der Waals surface area contributed by atoms with Crippen LogP contribution in [0.25, 0.3) is 0 Å². The Kier molecular flexibility index (Phi) is 3.45. The zero-order valence-corrected chi connectivity index (χ0v) is 11.3. The summed E-state index contributed by atoms with van der Waals surface area (Å²) in [6.45, 7) is 0. The quantitative estimate of drug-likeness (QED) is 0.940. The highest BCUT2D eigenvalue weighted by atomic mass is 79.9. The van der Waals surface area contributed by atoms with Gasteiger partial charge in [0.25, 0.3) is 0 Å². The average Bonchev–Trinajstić information content (AvgIpc) is 2.84. The van der Waals surface area contributed by atoms with Gasteiger partial charge < -0.3 is 10.5 Å². The van der Waals surface area contributed by atoms with Crippen molar-refractivity contribution in [1.82, 2.24) is 0 Å². The summed E-state index contributed by atoms with van der Waals surface area (Å²) in [4.78, 5) is 1.12. The smallest absolute Gasteiger partial charge is 0.129 e. The first-order chi connectivity index (χ1) is 7.22. The SMILES string of the molecule is COc1csc(C(N)c2cscc2Br)c1. The topological polar surface area (TPSA) is 35.2 Å². The van der Waals surface area contributed by atoms with Crippen LogP contribution in [0.1, 0.15) is 16.5 Å². The van der Waals surface area contributed by atoms with Crippen molar-refractivity contribution in [2.75, 3.05) is 7.11 Å². The van der Waals surface area contributed by atoms with Crippen molar-refractivity contribution < 1.29 is 4.74 Å². The van der Waals surface area contributed by atoms with E-state index in [-0.39, 0.29) is 6.04 Å². The minimum absolute atomic E-state index is 0.0699. The highest BCUT2D eigenvalue weighted by Gasteiger charge is 2.15. The molecule has 0 aliphatic carbocycles. The van der Waals surface area contributed by atoms with Crippen LogP contribution in [-0.2, 0) is 0 Å². The number of halogens is 1. The van der Waals surface area contributed by atoms with Crippen molar-refractivity contribution in [3.05, 3.63) is 37.1 Å². The Morgan fingerprint density at radius 1 is 1.40 bits per heavy atom. The molecule has 5 heteroatoms. The van der Waals surface area contributed by atoms with Crippen molar-refractivity contribution in [3.8, 4) is 5.75 Å². The molecule has 0 aromatic carbocycles. The molecule has 2 aromatic heterocycles. The van der Waals surface area contributed by atoms with E-state index in [1.165, 1.54) is 0 Å². The molecule has 2 heterocycles. The van der Waals surface area contributed by atoms with E-state index < -0.39 is 0 Å². The molecule has 2 rings (SSSR count). The fourth-order valence-corrected chi connectivity index (χ4v) is 3.73. The molecule has 0 aliphatic rings. The van der Waals surface area contributed by atoms with Crippen molar-refractivity contribution in [3.63, 3.8) is 0 Å². The van der Waals surface area contributed by atoms with Crippen LogP contribution in [0.15, 0.2) is 26.7 Å². The highest BCUT2D eigenvalue weighted by molar-refractivity contribution is 9.10. The molecule has 1 unspecified atom stereocenters. The molecule has 0 saturated carbocycles. The molecule has 2 N–H and O–H groups in total. The van der Waals surface area contributed by atoms with Gasteiger partial charge >= 0.3 is 0 Å². The van der Waals surface area contributed by atoms with Crippen LogP contribution in [0.2, 0.25) is 0 Å². The van der Waals surface area contributed by atoms with E-state index in [4.69, 9.17) is 10.5 Å². The second-order valence-electron chi connectivity index (χ2n) is 3.04. The van der Waals surface area contributed by atoms with E-state index >= 15 is 0 Å². The summed E-state index contributed by atoms with van der Waals surface area (Å²) in [5, 5.41) is 6.08. The maximum atomic E-state index is 6.16. The second-order valence-corrected chi connectivity index (χ2v) is 5.58. The summed E-state index contributed by atoms with van der Waals surface area (Å²) >= 11 is 6.76. The van der Waals surface area contributed by atoms with Gasteiger partial charge in [-0.2, -0.15) is 11.3 Å². The summed E-state index contributed by atoms with van der Waals surface area (Å²) in [5.74, 6) is 0.872. The fourth-order valence-electron chi connectivity index (χ4n) is 1.27. The van der Waals surface area contributed by atoms with E-state index in [1.807, 2.05) is 16.8 Å². The number of rotatable bonds is 3. The Labute approximate surface area is 105 Å². The van der Waals surface area contributed by atoms with Crippen LogP contribution < -0.4 is 10.5 Å². The number of methoxy groups -OCH3 is 1. The van der Waals surface area contributed by atoms with Gasteiger partial charge in [0.05, 0.1) is 13.2 Å². The number of thiophene rings is 2. The van der Waals surface area contributed by atoms with E-state index in [1.54, 1.807) is 29.8 Å². The molecular weight excluding hydrogens is 294 g/mol. The molecule has 0 saturated heterocycles. The average molecular weight is 304 g/mol. The molecule has 0 fully saturated rings. The van der Waals surface area contributed by atoms with Crippen molar-refractivity contribution >= 4 is 38.6 Å². The summed E-state index contributed by atoms with van der Waals surface area (Å²) < 4.78 is 6.21. The van der Waals surface area contributed by atoms with Crippen LogP contribution >= 0.6 is 38.6 Å². The summed E-state index contributed by atoms with van der Waals surface area (Å²) in [6.07, 6.45) is 0. The predicted octanol–water partition coefficient (Wildman–Crippen LogP) is 3.63. The fraction of sp³-hybridized carbons (Fsp3) is 0.200. The zero-order valence-electron chi connectivity index (χ0n) is 8.07. The lowest BCUT2D eigenvalue weighted by Crippen LogP contribution is -2.09. The normalized spacial score (nSPS) is 12.7. The number of hydrogen-bond acceptors (Lipinski definition) is 4. The molecule has 0 spiro atoms. The third-order valence-electron chi connectivity index (χ3n) is 2.12. The van der Waals surface area contributed by atoms with Gasteiger partial charge in [-0.1, -0.05) is 0 Å². The van der Waals surface area contributed by atoms with Gasteiger partial charge in [-0.25, -0.2) is 0 Å². The Balaban J connectivity index is 2.28. The lowest BCUT2D eigenvalue weighted by Gasteiger charge is -2.07. The maximum Gasteiger partial charge on any atom is 0.129 e. The first kappa shape index (κ1) is 11.1. The number of nitrogens with two attached hydrogens (primary N) is 1. The highest BCUT2D eigenvalue weighted by Crippen LogP contribution is 2.34. The minimum atomic E-state index is -0.0699. The van der Waals surface area contributed by atoms with Gasteiger partial charge in [-0.3, -0.25) is 0 Å². The summed E-state index contributed by atoms with van der Waals surface area (Å²) in [5.41, 5.74) is 7.29. The minimum Gasteiger partial charge on any atom is -0.496 e. The van der Waals surface area contributed by atoms with Gasteiger partial charge in [-0.05, 0) is 32.9 Å². The molecule has 0 aliphatic heterocycles. The Morgan fingerprint density at radius 3 is 2.73 bits per heavy atom. The van der Waals surface area contributed by atoms with Crippen LogP contribution in [0.4, 0.5) is 0 Å². The molecule has 0 amide bonds. The standard InChI is InChI=1S/C10H10BrNOS2/c1-13-6-2-9(15-3-6)10(12)7-4-14-5-8(7)11/h2-5,10H,12H2,1H3. The van der Waals surface area contributed by atoms with Crippen LogP contribution in [0.3, 0.4) is 0 Å². The number of ether oxygens (including phenoxy) is 1. The monoisotopic (exact) mass is 303 g/mol. The first-order valence-corrected chi connectivity index (χ1v) is 6.93. The van der Waals surface area contributed by atoms with Gasteiger partial charge in [-0.15, -0.1) is 11.3 Å². The summed E-state index contributed by atoms with van der Waals surface area (Å²) in [7, 11) is 1.66. The molecule has 2 nitrogen and oxygen atoms in total. The molecule has 15 heavy (non-hydrogen) atoms. The van der Waals surface area contributed by atoms with E-state index in [9.17, 15) is 0 Å². The lowest BCUT2D eigenvalue weighted by atomic mass is 10.1. The molecule has 2 aromatic rings. The molecule has 1 atom stereocenters. The van der Waals surface area contributed by atoms with Crippen LogP contribution in [0, 0.1) is 0 Å². The first-order valence-electron chi connectivity index (χ1n) is 4.32. The van der Waals surface area contributed by atoms with Gasteiger partial charge in [0, 0.05) is 20.1 Å². The van der Waals surface area contributed by atoms with Gasteiger partial charge in [0.2, 0.25) is 0 Å². The molecule has 80 valence electrons. The van der Waals surface area contributed by atoms with Crippen molar-refractivity contribution in [2.24, 2.45) is 5.73 Å². The van der Waals surface area contributed by atoms with Gasteiger partial charge in [0.1, 0.15) is 5.75 Å².